The highest BCUT2D eigenvalue weighted by Gasteiger charge is 2.25. The summed E-state index contributed by atoms with van der Waals surface area (Å²) in [5.74, 6) is 0. The molecule has 100 valence electrons. The van der Waals surface area contributed by atoms with Gasteiger partial charge in [0.05, 0.1) is 13.2 Å². The Balaban J connectivity index is 4.72. The lowest BCUT2D eigenvalue weighted by atomic mass is 9.88. The highest BCUT2D eigenvalue weighted by molar-refractivity contribution is 7.48. The van der Waals surface area contributed by atoms with E-state index in [4.69, 9.17) is 13.6 Å². The van der Waals surface area contributed by atoms with Crippen LogP contribution in [0.2, 0.25) is 0 Å². The summed E-state index contributed by atoms with van der Waals surface area (Å²) < 4.78 is 26.9. The predicted molar refractivity (Wildman–Crippen MR) is 68.7 cm³/mol. The van der Waals surface area contributed by atoms with Crippen molar-refractivity contribution < 1.29 is 18.1 Å². The molecule has 0 rings (SSSR count). The van der Waals surface area contributed by atoms with Crippen molar-refractivity contribution in [3.05, 3.63) is 17.6 Å². The Bertz CT molecular complexity index is 325. The SMILES string of the molecule is CCOP(=O)(OC=C=C(C)C(C)(C)C)OCC. The molecular formula is C12H23O4P. The summed E-state index contributed by atoms with van der Waals surface area (Å²) in [7, 11) is -3.46. The molecule has 0 atom stereocenters. The molecule has 0 fully saturated rings. The molecule has 0 aromatic heterocycles. The zero-order chi connectivity index (χ0) is 13.5. The number of phosphoric ester groups is 1. The van der Waals surface area contributed by atoms with Crippen LogP contribution in [0.15, 0.2) is 17.6 Å². The molecule has 5 heteroatoms. The quantitative estimate of drug-likeness (QED) is 0.407. The van der Waals surface area contributed by atoms with Crippen LogP contribution in [0.4, 0.5) is 0 Å². The van der Waals surface area contributed by atoms with Gasteiger partial charge in [-0.1, -0.05) is 26.5 Å². The molecule has 17 heavy (non-hydrogen) atoms. The third kappa shape index (κ3) is 6.70. The van der Waals surface area contributed by atoms with Crippen molar-refractivity contribution in [2.24, 2.45) is 5.41 Å². The van der Waals surface area contributed by atoms with Gasteiger partial charge in [0.1, 0.15) is 6.26 Å². The molecule has 0 aliphatic heterocycles. The van der Waals surface area contributed by atoms with E-state index in [1.165, 1.54) is 6.26 Å². The second kappa shape index (κ2) is 7.03. The van der Waals surface area contributed by atoms with Gasteiger partial charge in [0, 0.05) is 0 Å². The lowest BCUT2D eigenvalue weighted by Crippen LogP contribution is -2.05. The van der Waals surface area contributed by atoms with Gasteiger partial charge in [0.2, 0.25) is 0 Å². The van der Waals surface area contributed by atoms with E-state index in [0.29, 0.717) is 0 Å². The lowest BCUT2D eigenvalue weighted by Gasteiger charge is -2.17. The maximum atomic E-state index is 11.9. The standard InChI is InChI=1S/C12H23O4P/c1-7-14-17(13,15-8-2)16-10-9-11(3)12(4,5)6/h10H,7-8H2,1-6H3. The van der Waals surface area contributed by atoms with Gasteiger partial charge in [0.25, 0.3) is 0 Å². The fourth-order valence-electron chi connectivity index (χ4n) is 0.810. The molecular weight excluding hydrogens is 239 g/mol. The molecule has 0 aromatic rings. The van der Waals surface area contributed by atoms with E-state index in [0.717, 1.165) is 5.57 Å². The fourth-order valence-corrected chi connectivity index (χ4v) is 1.82. The van der Waals surface area contributed by atoms with Gasteiger partial charge in [-0.2, -0.15) is 0 Å². The van der Waals surface area contributed by atoms with Crippen LogP contribution in [0.1, 0.15) is 41.5 Å². The van der Waals surface area contributed by atoms with E-state index in [-0.39, 0.29) is 18.6 Å². The summed E-state index contributed by atoms with van der Waals surface area (Å²) in [6.45, 7) is 12.1. The Hall–Kier alpha value is -0.530. The van der Waals surface area contributed by atoms with E-state index in [9.17, 15) is 4.57 Å². The van der Waals surface area contributed by atoms with Gasteiger partial charge in [-0.05, 0) is 31.8 Å². The van der Waals surface area contributed by atoms with Crippen molar-refractivity contribution >= 4 is 7.82 Å². The highest BCUT2D eigenvalue weighted by atomic mass is 31.2. The molecule has 0 saturated heterocycles. The number of allylic oxidation sites excluding steroid dienone is 1. The van der Waals surface area contributed by atoms with Gasteiger partial charge < -0.3 is 4.52 Å². The monoisotopic (exact) mass is 262 g/mol. The molecule has 0 amide bonds. The molecule has 0 spiro atoms. The largest absolute Gasteiger partial charge is 0.530 e. The van der Waals surface area contributed by atoms with E-state index < -0.39 is 7.82 Å². The maximum absolute atomic E-state index is 11.9. The molecule has 0 aliphatic carbocycles. The van der Waals surface area contributed by atoms with E-state index in [2.05, 4.69) is 26.5 Å². The molecule has 0 aliphatic rings. The van der Waals surface area contributed by atoms with Crippen LogP contribution in [0.5, 0.6) is 0 Å². The number of phosphoric acid groups is 1. The van der Waals surface area contributed by atoms with Crippen molar-refractivity contribution in [3.8, 4) is 0 Å². The minimum Gasteiger partial charge on any atom is -0.403 e. The van der Waals surface area contributed by atoms with Crippen LogP contribution >= 0.6 is 7.82 Å². The first-order chi connectivity index (χ1) is 7.75. The van der Waals surface area contributed by atoms with Crippen molar-refractivity contribution in [3.63, 3.8) is 0 Å². The number of hydrogen-bond acceptors (Lipinski definition) is 4. The average molecular weight is 262 g/mol. The van der Waals surface area contributed by atoms with E-state index in [1.807, 2.05) is 6.92 Å². The van der Waals surface area contributed by atoms with Crippen LogP contribution < -0.4 is 0 Å². The van der Waals surface area contributed by atoms with Gasteiger partial charge >= 0.3 is 7.82 Å². The van der Waals surface area contributed by atoms with Crippen molar-refractivity contribution in [2.75, 3.05) is 13.2 Å². The summed E-state index contributed by atoms with van der Waals surface area (Å²) in [4.78, 5) is 0. The molecule has 0 aromatic carbocycles. The Labute approximate surface area is 104 Å². The summed E-state index contributed by atoms with van der Waals surface area (Å²) in [6.07, 6.45) is 1.26. The van der Waals surface area contributed by atoms with Crippen LogP contribution in [0, 0.1) is 5.41 Å². The van der Waals surface area contributed by atoms with Gasteiger partial charge in [0.15, 0.2) is 0 Å². The third-order valence-electron chi connectivity index (χ3n) is 2.16. The van der Waals surface area contributed by atoms with Crippen molar-refractivity contribution in [2.45, 2.75) is 41.5 Å². The van der Waals surface area contributed by atoms with Gasteiger partial charge in [-0.3, -0.25) is 9.05 Å². The topological polar surface area (TPSA) is 44.8 Å². The molecule has 0 radical (unpaired) electrons. The maximum Gasteiger partial charge on any atom is 0.530 e. The van der Waals surface area contributed by atoms with Crippen molar-refractivity contribution in [1.82, 2.24) is 0 Å². The second-order valence-electron chi connectivity index (χ2n) is 4.53. The first-order valence-electron chi connectivity index (χ1n) is 5.75. The van der Waals surface area contributed by atoms with Crippen LogP contribution in [-0.4, -0.2) is 13.2 Å². The molecule has 0 unspecified atom stereocenters. The summed E-state index contributed by atoms with van der Waals surface area (Å²) in [5, 5.41) is 0. The Morgan fingerprint density at radius 1 is 1.24 bits per heavy atom. The first kappa shape index (κ1) is 16.5. The highest BCUT2D eigenvalue weighted by Crippen LogP contribution is 2.49. The predicted octanol–water partition coefficient (Wildman–Crippen LogP) is 4.29. The summed E-state index contributed by atoms with van der Waals surface area (Å²) >= 11 is 0. The zero-order valence-electron chi connectivity index (χ0n) is 11.6. The fraction of sp³-hybridized carbons (Fsp3) is 0.750. The minimum absolute atomic E-state index is 0.00107. The molecule has 4 nitrogen and oxygen atoms in total. The smallest absolute Gasteiger partial charge is 0.403 e. The Kier molecular flexibility index (Phi) is 6.81. The molecule has 0 heterocycles. The third-order valence-corrected chi connectivity index (χ3v) is 3.67. The summed E-state index contributed by atoms with van der Waals surface area (Å²) in [6, 6.07) is 0. The average Bonchev–Trinajstić information content (AvgIpc) is 2.16. The summed E-state index contributed by atoms with van der Waals surface area (Å²) in [5.41, 5.74) is 3.93. The zero-order valence-corrected chi connectivity index (χ0v) is 12.5. The second-order valence-corrected chi connectivity index (χ2v) is 6.15. The normalized spacial score (nSPS) is 11.9. The van der Waals surface area contributed by atoms with Crippen LogP contribution in [0.25, 0.3) is 0 Å². The minimum atomic E-state index is -3.46. The van der Waals surface area contributed by atoms with Gasteiger partial charge in [-0.25, -0.2) is 4.57 Å². The van der Waals surface area contributed by atoms with Crippen LogP contribution in [-0.2, 0) is 18.1 Å². The molecule has 0 bridgehead atoms. The number of rotatable bonds is 6. The molecule has 0 saturated carbocycles. The number of hydrogen-bond donors (Lipinski definition) is 0. The lowest BCUT2D eigenvalue weighted by molar-refractivity contribution is 0.154. The van der Waals surface area contributed by atoms with E-state index in [1.54, 1.807) is 13.8 Å². The van der Waals surface area contributed by atoms with Crippen molar-refractivity contribution in [1.29, 1.82) is 0 Å². The van der Waals surface area contributed by atoms with Gasteiger partial charge in [-0.15, -0.1) is 0 Å². The molecule has 0 N–H and O–H groups in total. The Morgan fingerprint density at radius 2 is 1.71 bits per heavy atom. The Morgan fingerprint density at radius 3 is 2.06 bits per heavy atom. The first-order valence-corrected chi connectivity index (χ1v) is 7.21. The van der Waals surface area contributed by atoms with E-state index >= 15 is 0 Å². The van der Waals surface area contributed by atoms with Crippen LogP contribution in [0.3, 0.4) is 0 Å².